The summed E-state index contributed by atoms with van der Waals surface area (Å²) >= 11 is 4.94. The summed E-state index contributed by atoms with van der Waals surface area (Å²) in [6, 6.07) is 14.2. The summed E-state index contributed by atoms with van der Waals surface area (Å²) in [5.41, 5.74) is 2.05. The van der Waals surface area contributed by atoms with E-state index in [9.17, 15) is 4.79 Å². The molecule has 0 N–H and O–H groups in total. The zero-order valence-electron chi connectivity index (χ0n) is 15.6. The highest BCUT2D eigenvalue weighted by Gasteiger charge is 2.26. The van der Waals surface area contributed by atoms with Crippen molar-refractivity contribution in [2.75, 3.05) is 31.1 Å². The average molecular weight is 457 g/mol. The van der Waals surface area contributed by atoms with Gasteiger partial charge in [-0.05, 0) is 40.5 Å². The van der Waals surface area contributed by atoms with Crippen LogP contribution in [0.2, 0.25) is 0 Å². The van der Waals surface area contributed by atoms with Crippen LogP contribution in [0.25, 0.3) is 0 Å². The van der Waals surface area contributed by atoms with Gasteiger partial charge in [0.1, 0.15) is 10.7 Å². The Morgan fingerprint density at radius 3 is 2.54 bits per heavy atom. The minimum absolute atomic E-state index is 0.0951. The second-order valence-corrected chi connectivity index (χ2v) is 8.80. The Morgan fingerprint density at radius 2 is 1.86 bits per heavy atom. The Labute approximate surface area is 177 Å². The molecule has 0 radical (unpaired) electrons. The van der Waals surface area contributed by atoms with E-state index in [1.807, 2.05) is 48.4 Å². The van der Waals surface area contributed by atoms with Gasteiger partial charge in [-0.3, -0.25) is 4.79 Å². The molecule has 3 heterocycles. The number of carbonyl (C=O) groups is 1. The maximum absolute atomic E-state index is 13.0. The number of piperazine rings is 1. The Kier molecular flexibility index (Phi) is 5.73. The molecule has 0 saturated carbocycles. The highest BCUT2D eigenvalue weighted by atomic mass is 79.9. The summed E-state index contributed by atoms with van der Waals surface area (Å²) in [5, 5.41) is 0.991. The van der Waals surface area contributed by atoms with Crippen molar-refractivity contribution < 1.29 is 4.79 Å². The molecular weight excluding hydrogens is 436 g/mol. The van der Waals surface area contributed by atoms with Gasteiger partial charge in [0.25, 0.3) is 5.91 Å². The molecule has 0 bridgehead atoms. The molecule has 0 atom stereocenters. The minimum Gasteiger partial charge on any atom is -0.353 e. The van der Waals surface area contributed by atoms with E-state index in [2.05, 4.69) is 42.9 Å². The van der Waals surface area contributed by atoms with Gasteiger partial charge in [0, 0.05) is 43.3 Å². The Morgan fingerprint density at radius 1 is 1.11 bits per heavy atom. The van der Waals surface area contributed by atoms with Gasteiger partial charge in [-0.2, -0.15) is 0 Å². The number of nitrogens with zero attached hydrogens (tertiary/aromatic N) is 4. The summed E-state index contributed by atoms with van der Waals surface area (Å²) in [5.74, 6) is 1.05. The minimum atomic E-state index is 0.0951. The number of rotatable bonds is 4. The van der Waals surface area contributed by atoms with Gasteiger partial charge < -0.3 is 9.80 Å². The van der Waals surface area contributed by atoms with Gasteiger partial charge in [0.05, 0.1) is 10.7 Å². The summed E-state index contributed by atoms with van der Waals surface area (Å²) in [4.78, 5) is 27.0. The first kappa shape index (κ1) is 19.1. The van der Waals surface area contributed by atoms with Crippen LogP contribution in [0.5, 0.6) is 0 Å². The molecule has 7 heteroatoms. The fourth-order valence-electron chi connectivity index (χ4n) is 3.33. The lowest BCUT2D eigenvalue weighted by Crippen LogP contribution is -2.49. The number of aryl methyl sites for hydroxylation is 1. The molecule has 144 valence electrons. The van der Waals surface area contributed by atoms with E-state index in [-0.39, 0.29) is 5.91 Å². The number of aromatic nitrogens is 2. The largest absolute Gasteiger partial charge is 0.353 e. The fourth-order valence-corrected chi connectivity index (χ4v) is 4.64. The maximum atomic E-state index is 13.0. The van der Waals surface area contributed by atoms with Gasteiger partial charge in [-0.15, -0.1) is 11.3 Å². The van der Waals surface area contributed by atoms with Crippen LogP contribution >= 0.6 is 27.3 Å². The highest BCUT2D eigenvalue weighted by Crippen LogP contribution is 2.24. The number of benzene rings is 1. The second-order valence-electron chi connectivity index (χ2n) is 6.80. The monoisotopic (exact) mass is 456 g/mol. The summed E-state index contributed by atoms with van der Waals surface area (Å²) in [6.07, 6.45) is 2.57. The first-order valence-corrected chi connectivity index (χ1v) is 10.9. The molecule has 28 heavy (non-hydrogen) atoms. The van der Waals surface area contributed by atoms with Crippen molar-refractivity contribution in [2.24, 2.45) is 0 Å². The molecule has 1 fully saturated rings. The van der Waals surface area contributed by atoms with Gasteiger partial charge in [0.2, 0.25) is 0 Å². The Hall–Kier alpha value is -2.25. The van der Waals surface area contributed by atoms with Crippen LogP contribution in [-0.2, 0) is 6.42 Å². The Bertz CT molecular complexity index is 950. The van der Waals surface area contributed by atoms with E-state index in [4.69, 9.17) is 0 Å². The SMILES string of the molecule is Cc1nc(Cc2ccccc2)sc1C(=O)N1CCN(c2ccc(Br)cn2)CC1. The van der Waals surface area contributed by atoms with E-state index in [1.54, 1.807) is 0 Å². The molecule has 1 aliphatic heterocycles. The third kappa shape index (κ3) is 4.25. The van der Waals surface area contributed by atoms with Crippen LogP contribution < -0.4 is 4.90 Å². The van der Waals surface area contributed by atoms with Crippen molar-refractivity contribution in [3.63, 3.8) is 0 Å². The molecule has 5 nitrogen and oxygen atoms in total. The third-order valence-corrected chi connectivity index (χ3v) is 6.45. The van der Waals surface area contributed by atoms with Crippen LogP contribution in [0.1, 0.15) is 25.9 Å². The molecular formula is C21H21BrN4OS. The normalized spacial score (nSPS) is 14.4. The van der Waals surface area contributed by atoms with Crippen molar-refractivity contribution in [1.82, 2.24) is 14.9 Å². The summed E-state index contributed by atoms with van der Waals surface area (Å²) < 4.78 is 0.969. The molecule has 3 aromatic rings. The molecule has 2 aromatic heterocycles. The number of hydrogen-bond acceptors (Lipinski definition) is 5. The quantitative estimate of drug-likeness (QED) is 0.591. The number of hydrogen-bond donors (Lipinski definition) is 0. The smallest absolute Gasteiger partial charge is 0.265 e. The predicted octanol–water partition coefficient (Wildman–Crippen LogP) is 4.16. The topological polar surface area (TPSA) is 49.3 Å². The predicted molar refractivity (Wildman–Crippen MR) is 116 cm³/mol. The van der Waals surface area contributed by atoms with Crippen LogP contribution in [0.4, 0.5) is 5.82 Å². The fraction of sp³-hybridized carbons (Fsp3) is 0.286. The molecule has 1 amide bonds. The molecule has 1 aliphatic rings. The average Bonchev–Trinajstić information content (AvgIpc) is 3.09. The molecule has 0 aliphatic carbocycles. The molecule has 0 unspecified atom stereocenters. The molecule has 1 aromatic carbocycles. The van der Waals surface area contributed by atoms with Gasteiger partial charge in [-0.1, -0.05) is 30.3 Å². The van der Waals surface area contributed by atoms with E-state index >= 15 is 0 Å². The third-order valence-electron chi connectivity index (χ3n) is 4.84. The van der Waals surface area contributed by atoms with Gasteiger partial charge in [0.15, 0.2) is 0 Å². The second kappa shape index (κ2) is 8.41. The zero-order valence-corrected chi connectivity index (χ0v) is 18.0. The molecule has 0 spiro atoms. The maximum Gasteiger partial charge on any atom is 0.265 e. The number of carbonyl (C=O) groups excluding carboxylic acids is 1. The zero-order chi connectivity index (χ0) is 19.5. The number of anilines is 1. The lowest BCUT2D eigenvalue weighted by Gasteiger charge is -2.35. The number of halogens is 1. The van der Waals surface area contributed by atoms with Gasteiger partial charge >= 0.3 is 0 Å². The first-order valence-electron chi connectivity index (χ1n) is 9.26. The van der Waals surface area contributed by atoms with E-state index in [0.29, 0.717) is 13.1 Å². The first-order chi connectivity index (χ1) is 13.6. The summed E-state index contributed by atoms with van der Waals surface area (Å²) in [7, 11) is 0. The lowest BCUT2D eigenvalue weighted by atomic mass is 10.2. The molecule has 1 saturated heterocycles. The van der Waals surface area contributed by atoms with Gasteiger partial charge in [-0.25, -0.2) is 9.97 Å². The number of pyridine rings is 1. The number of amides is 1. The van der Waals surface area contributed by atoms with Crippen LogP contribution in [-0.4, -0.2) is 47.0 Å². The van der Waals surface area contributed by atoms with Crippen molar-refractivity contribution in [1.29, 1.82) is 0 Å². The van der Waals surface area contributed by atoms with Crippen molar-refractivity contribution in [2.45, 2.75) is 13.3 Å². The van der Waals surface area contributed by atoms with Crippen LogP contribution in [0.3, 0.4) is 0 Å². The number of thiazole rings is 1. The molecule has 4 rings (SSSR count). The van der Waals surface area contributed by atoms with Crippen LogP contribution in [0.15, 0.2) is 53.1 Å². The standard InChI is InChI=1S/C21H21BrN4OS/c1-15-20(28-19(24-15)13-16-5-3-2-4-6-16)21(27)26-11-9-25(10-12-26)18-8-7-17(22)14-23-18/h2-8,14H,9-13H2,1H3. The van der Waals surface area contributed by atoms with E-state index in [0.717, 1.165) is 45.4 Å². The van der Waals surface area contributed by atoms with Crippen molar-refractivity contribution >= 4 is 39.0 Å². The highest BCUT2D eigenvalue weighted by molar-refractivity contribution is 9.10. The van der Waals surface area contributed by atoms with Crippen molar-refractivity contribution in [3.8, 4) is 0 Å². The summed E-state index contributed by atoms with van der Waals surface area (Å²) in [6.45, 7) is 4.90. The van der Waals surface area contributed by atoms with E-state index in [1.165, 1.54) is 16.9 Å². The Balaban J connectivity index is 1.40. The van der Waals surface area contributed by atoms with Crippen LogP contribution in [0, 0.1) is 6.92 Å². The van der Waals surface area contributed by atoms with E-state index < -0.39 is 0 Å². The van der Waals surface area contributed by atoms with Crippen molar-refractivity contribution in [3.05, 3.63) is 74.3 Å². The lowest BCUT2D eigenvalue weighted by molar-refractivity contribution is 0.0750.